The minimum atomic E-state index is -0.158. The molecule has 0 saturated heterocycles. The van der Waals surface area contributed by atoms with Crippen LogP contribution >= 0.6 is 47.0 Å². The number of aryl methyl sites for hydroxylation is 1. The number of hydrogen-bond acceptors (Lipinski definition) is 14. The molecule has 0 fully saturated rings. The van der Waals surface area contributed by atoms with Gasteiger partial charge in [-0.25, -0.2) is 15.0 Å². The van der Waals surface area contributed by atoms with Crippen molar-refractivity contribution in [2.45, 2.75) is 208 Å². The van der Waals surface area contributed by atoms with Gasteiger partial charge in [0.15, 0.2) is 0 Å². The van der Waals surface area contributed by atoms with Crippen LogP contribution in [-0.4, -0.2) is 70.7 Å². The van der Waals surface area contributed by atoms with E-state index in [0.29, 0.717) is 10.6 Å². The Morgan fingerprint density at radius 2 is 0.769 bits per heavy atom. The molecule has 0 amide bonds. The quantitative estimate of drug-likeness (QED) is 0.141. The van der Waals surface area contributed by atoms with Crippen LogP contribution in [0, 0.1) is 6.92 Å². The predicted molar refractivity (Wildman–Crippen MR) is 338 cm³/mol. The summed E-state index contributed by atoms with van der Waals surface area (Å²) in [5, 5.41) is 2.24. The number of nitrogens with zero attached hydrogens (tertiary/aromatic N) is 7. The third kappa shape index (κ3) is 43.8. The standard InChI is InChI=1S/C10H15NS.3C9H13NO.3C9H13NS/c1-8-6-5-7-11-9(8)12-10(2,3)4;1-9(2,3)11-8-4-6-10-7-5-8;1-9(2,3)11-8-5-4-6-10-7-8;1-9(2,3)11-8-6-4-5-7-10-8;1-9(2,3)11-8-4-6-10-7-5-8;1-9(2,3)11-8-5-4-6-10-7-8;1-9(2,3)11-8-6-4-5-7-10-8/h5-7H,1-4H3;6*4-7H,1-3H3. The van der Waals surface area contributed by atoms with Gasteiger partial charge in [-0.3, -0.25) is 19.9 Å². The summed E-state index contributed by atoms with van der Waals surface area (Å²) in [6.45, 7) is 46.6. The van der Waals surface area contributed by atoms with Crippen LogP contribution in [0.15, 0.2) is 185 Å². The van der Waals surface area contributed by atoms with Crippen molar-refractivity contribution in [2.24, 2.45) is 0 Å². The second kappa shape index (κ2) is 34.8. The molecular weight excluding hydrogens is 1040 g/mol. The number of hydrogen-bond donors (Lipinski definition) is 0. The number of aromatic nitrogens is 7. The molecule has 7 heterocycles. The SMILES string of the molecule is CC(C)(C)Oc1ccccn1.CC(C)(C)Oc1cccnc1.CC(C)(C)Oc1ccncc1.CC(C)(C)Sc1ccccn1.CC(C)(C)Sc1cccnc1.CC(C)(C)Sc1ccncc1.Cc1cccnc1SC(C)(C)C. The van der Waals surface area contributed by atoms with Crippen molar-refractivity contribution in [3.63, 3.8) is 0 Å². The average Bonchev–Trinajstić information content (AvgIpc) is 3.30. The molecule has 0 N–H and O–H groups in total. The lowest BCUT2D eigenvalue weighted by Crippen LogP contribution is -2.23. The van der Waals surface area contributed by atoms with Crippen molar-refractivity contribution in [1.29, 1.82) is 0 Å². The molecule has 426 valence electrons. The number of thioether (sulfide) groups is 4. The van der Waals surface area contributed by atoms with Gasteiger partial charge >= 0.3 is 0 Å². The maximum Gasteiger partial charge on any atom is 0.213 e. The fourth-order valence-electron chi connectivity index (χ4n) is 5.35. The maximum atomic E-state index is 5.56. The summed E-state index contributed by atoms with van der Waals surface area (Å²) in [5.74, 6) is 2.37. The largest absolute Gasteiger partial charge is 0.488 e. The van der Waals surface area contributed by atoms with Gasteiger partial charge in [-0.15, -0.1) is 47.0 Å². The minimum Gasteiger partial charge on any atom is -0.488 e. The highest BCUT2D eigenvalue weighted by Crippen LogP contribution is 2.33. The predicted octanol–water partition coefficient (Wildman–Crippen LogP) is 19.0. The first kappa shape index (κ1) is 70.9. The molecule has 14 heteroatoms. The third-order valence-corrected chi connectivity index (χ3v) is 12.2. The van der Waals surface area contributed by atoms with Crippen molar-refractivity contribution in [1.82, 2.24) is 34.9 Å². The van der Waals surface area contributed by atoms with E-state index in [1.165, 1.54) is 15.4 Å². The van der Waals surface area contributed by atoms with Gasteiger partial charge in [-0.2, -0.15) is 0 Å². The molecule has 78 heavy (non-hydrogen) atoms. The van der Waals surface area contributed by atoms with Crippen molar-refractivity contribution in [2.75, 3.05) is 0 Å². The molecule has 0 unspecified atom stereocenters. The molecule has 0 aliphatic heterocycles. The Bertz CT molecular complexity index is 2180. The Morgan fingerprint density at radius 3 is 1.19 bits per heavy atom. The Morgan fingerprint density at radius 1 is 0.321 bits per heavy atom. The van der Waals surface area contributed by atoms with Crippen LogP contribution in [0.3, 0.4) is 0 Å². The van der Waals surface area contributed by atoms with Gasteiger partial charge in [0, 0.05) is 96.8 Å². The first-order chi connectivity index (χ1) is 36.0. The van der Waals surface area contributed by atoms with Gasteiger partial charge in [0.05, 0.1) is 16.2 Å². The van der Waals surface area contributed by atoms with Crippen molar-refractivity contribution >= 4 is 47.0 Å². The zero-order valence-corrected chi connectivity index (χ0v) is 54.3. The minimum absolute atomic E-state index is 0.124. The van der Waals surface area contributed by atoms with Gasteiger partial charge in [0.1, 0.15) is 28.3 Å². The maximum absolute atomic E-state index is 5.56. The van der Waals surface area contributed by atoms with Crippen LogP contribution in [0.2, 0.25) is 0 Å². The van der Waals surface area contributed by atoms with Gasteiger partial charge in [-0.05, 0) is 148 Å². The van der Waals surface area contributed by atoms with E-state index in [-0.39, 0.29) is 31.0 Å². The number of rotatable bonds is 7. The molecule has 0 radical (unpaired) electrons. The molecule has 0 atom stereocenters. The lowest BCUT2D eigenvalue weighted by molar-refractivity contribution is 0.124. The molecule has 0 aromatic carbocycles. The molecule has 7 aromatic rings. The lowest BCUT2D eigenvalue weighted by atomic mass is 10.2. The van der Waals surface area contributed by atoms with Gasteiger partial charge in [0.2, 0.25) is 5.88 Å². The molecule has 0 aliphatic carbocycles. The number of ether oxygens (including phenoxy) is 3. The molecule has 0 spiro atoms. The fourth-order valence-corrected chi connectivity index (χ4v) is 9.09. The van der Waals surface area contributed by atoms with Crippen LogP contribution in [0.4, 0.5) is 0 Å². The van der Waals surface area contributed by atoms with Gasteiger partial charge in [0.25, 0.3) is 0 Å². The normalized spacial score (nSPS) is 11.4. The Labute approximate surface area is 489 Å². The first-order valence-corrected chi connectivity index (χ1v) is 29.4. The zero-order valence-electron chi connectivity index (χ0n) is 51.1. The van der Waals surface area contributed by atoms with E-state index in [1.807, 2.05) is 214 Å². The molecular formula is C64H93N7O3S4. The highest BCUT2D eigenvalue weighted by Gasteiger charge is 2.16. The summed E-state index contributed by atoms with van der Waals surface area (Å²) >= 11 is 7.30. The van der Waals surface area contributed by atoms with Crippen molar-refractivity contribution in [3.8, 4) is 17.4 Å². The molecule has 10 nitrogen and oxygen atoms in total. The monoisotopic (exact) mass is 1140 g/mol. The number of pyridine rings is 7. The van der Waals surface area contributed by atoms with E-state index in [0.717, 1.165) is 21.6 Å². The molecule has 0 aliphatic rings. The van der Waals surface area contributed by atoms with E-state index in [4.69, 9.17) is 14.2 Å². The van der Waals surface area contributed by atoms with Gasteiger partial charge < -0.3 is 14.2 Å². The summed E-state index contributed by atoms with van der Waals surface area (Å²) < 4.78 is 17.7. The highest BCUT2D eigenvalue weighted by molar-refractivity contribution is 8.01. The Hall–Kier alpha value is -5.15. The van der Waals surface area contributed by atoms with E-state index in [9.17, 15) is 0 Å². The summed E-state index contributed by atoms with van der Waals surface area (Å²) in [6.07, 6.45) is 19.6. The smallest absolute Gasteiger partial charge is 0.213 e. The van der Waals surface area contributed by atoms with Crippen LogP contribution < -0.4 is 14.2 Å². The zero-order chi connectivity index (χ0) is 59.1. The summed E-state index contributed by atoms with van der Waals surface area (Å²) in [5.41, 5.74) is 0.844. The second-order valence-corrected chi connectivity index (χ2v) is 31.7. The average molecular weight is 1140 g/mol. The Balaban J connectivity index is 0.000000455. The Kier molecular flexibility index (Phi) is 31.6. The molecule has 7 rings (SSSR count). The van der Waals surface area contributed by atoms with Gasteiger partial charge in [-0.1, -0.05) is 101 Å². The molecule has 0 bridgehead atoms. The van der Waals surface area contributed by atoms with Crippen molar-refractivity contribution in [3.05, 3.63) is 171 Å². The van der Waals surface area contributed by atoms with E-state index < -0.39 is 0 Å². The van der Waals surface area contributed by atoms with E-state index in [2.05, 4.69) is 137 Å². The molecule has 7 aromatic heterocycles. The van der Waals surface area contributed by atoms with Crippen LogP contribution in [0.25, 0.3) is 0 Å². The second-order valence-electron chi connectivity index (χ2n) is 24.2. The molecule has 0 saturated carbocycles. The topological polar surface area (TPSA) is 118 Å². The summed E-state index contributed by atoms with van der Waals surface area (Å²) in [6, 6.07) is 31.3. The first-order valence-electron chi connectivity index (χ1n) is 26.1. The van der Waals surface area contributed by atoms with E-state index in [1.54, 1.807) is 48.9 Å². The lowest BCUT2D eigenvalue weighted by Gasteiger charge is -2.20. The van der Waals surface area contributed by atoms with Crippen LogP contribution in [0.1, 0.15) is 151 Å². The van der Waals surface area contributed by atoms with Crippen LogP contribution in [-0.2, 0) is 0 Å². The van der Waals surface area contributed by atoms with Crippen LogP contribution in [0.5, 0.6) is 17.4 Å². The van der Waals surface area contributed by atoms with E-state index >= 15 is 0 Å². The fraction of sp³-hybridized carbons (Fsp3) is 0.453. The summed E-state index contributed by atoms with van der Waals surface area (Å²) in [4.78, 5) is 31.0. The summed E-state index contributed by atoms with van der Waals surface area (Å²) in [7, 11) is 0. The highest BCUT2D eigenvalue weighted by atomic mass is 32.2. The van der Waals surface area contributed by atoms with Crippen molar-refractivity contribution < 1.29 is 14.2 Å². The third-order valence-electron chi connectivity index (χ3n) is 7.73.